The maximum atomic E-state index is 13.0. The number of carbonyl (C=O) groups is 1. The zero-order chi connectivity index (χ0) is 24.4. The molecule has 0 aromatic carbocycles. The SMILES string of the molecule is Cc1ncccc1C(=O)N[C@H]1CC[C@H](CCN2CCc3nc(OC4CC(F)(F)C4)sc3CC2)CC1. The van der Waals surface area contributed by atoms with Gasteiger partial charge in [-0.2, -0.15) is 0 Å². The summed E-state index contributed by atoms with van der Waals surface area (Å²) in [5.74, 6) is -1.87. The van der Waals surface area contributed by atoms with Crippen LogP contribution in [0.5, 0.6) is 5.19 Å². The number of aryl methyl sites for hydroxylation is 1. The smallest absolute Gasteiger partial charge is 0.273 e. The fraction of sp³-hybridized carbons (Fsp3) is 0.654. The number of rotatable bonds is 7. The van der Waals surface area contributed by atoms with Crippen LogP contribution >= 0.6 is 11.3 Å². The molecule has 0 bridgehead atoms. The molecular weight excluding hydrogens is 470 g/mol. The third-order valence-corrected chi connectivity index (χ3v) is 8.73. The van der Waals surface area contributed by atoms with E-state index in [0.29, 0.717) is 16.7 Å². The van der Waals surface area contributed by atoms with E-state index in [4.69, 9.17) is 4.74 Å². The van der Waals surface area contributed by atoms with Crippen molar-refractivity contribution in [2.24, 2.45) is 5.92 Å². The lowest BCUT2D eigenvalue weighted by atomic mass is 9.84. The highest BCUT2D eigenvalue weighted by Gasteiger charge is 2.47. The van der Waals surface area contributed by atoms with Gasteiger partial charge in [-0.1, -0.05) is 11.3 Å². The Morgan fingerprint density at radius 2 is 2.00 bits per heavy atom. The van der Waals surface area contributed by atoms with Crippen LogP contribution in [-0.4, -0.2) is 58.5 Å². The summed E-state index contributed by atoms with van der Waals surface area (Å²) in [5, 5.41) is 3.76. The van der Waals surface area contributed by atoms with E-state index >= 15 is 0 Å². The normalized spacial score (nSPS) is 24.8. The number of hydrogen-bond donors (Lipinski definition) is 1. The lowest BCUT2D eigenvalue weighted by Crippen LogP contribution is -2.43. The Morgan fingerprint density at radius 3 is 2.74 bits per heavy atom. The molecule has 2 aromatic rings. The number of fused-ring (bicyclic) bond motifs is 1. The molecule has 9 heteroatoms. The molecule has 0 spiro atoms. The molecule has 0 radical (unpaired) electrons. The summed E-state index contributed by atoms with van der Waals surface area (Å²) in [7, 11) is 0. The Labute approximate surface area is 209 Å². The molecule has 2 aromatic heterocycles. The van der Waals surface area contributed by atoms with Crippen molar-refractivity contribution in [3.8, 4) is 5.19 Å². The Bertz CT molecular complexity index is 1000. The molecule has 3 aliphatic rings. The molecule has 2 aliphatic carbocycles. The van der Waals surface area contributed by atoms with E-state index in [1.165, 1.54) is 22.6 Å². The van der Waals surface area contributed by atoms with Gasteiger partial charge in [0.1, 0.15) is 6.10 Å². The van der Waals surface area contributed by atoms with Gasteiger partial charge in [-0.3, -0.25) is 9.78 Å². The van der Waals surface area contributed by atoms with Crippen LogP contribution in [-0.2, 0) is 12.8 Å². The second-order valence-electron chi connectivity index (χ2n) is 10.3. The molecule has 0 atom stereocenters. The van der Waals surface area contributed by atoms with Crippen LogP contribution in [0.1, 0.15) is 71.6 Å². The van der Waals surface area contributed by atoms with Crippen LogP contribution in [0.4, 0.5) is 8.78 Å². The van der Waals surface area contributed by atoms with Crippen molar-refractivity contribution < 1.29 is 18.3 Å². The number of halogens is 2. The summed E-state index contributed by atoms with van der Waals surface area (Å²) >= 11 is 1.54. The summed E-state index contributed by atoms with van der Waals surface area (Å²) in [4.78, 5) is 25.2. The molecule has 190 valence electrons. The van der Waals surface area contributed by atoms with Gasteiger partial charge in [0.05, 0.1) is 11.3 Å². The maximum Gasteiger partial charge on any atom is 0.273 e. The van der Waals surface area contributed by atoms with E-state index in [2.05, 4.69) is 20.2 Å². The van der Waals surface area contributed by atoms with Gasteiger partial charge in [-0.05, 0) is 70.0 Å². The van der Waals surface area contributed by atoms with E-state index in [0.717, 1.165) is 69.5 Å². The van der Waals surface area contributed by atoms with Crippen molar-refractivity contribution >= 4 is 17.2 Å². The van der Waals surface area contributed by atoms with Crippen molar-refractivity contribution in [2.75, 3.05) is 19.6 Å². The number of thiazole rings is 1. The number of pyridine rings is 1. The Kier molecular flexibility index (Phi) is 7.34. The summed E-state index contributed by atoms with van der Waals surface area (Å²) in [6.45, 7) is 4.95. The first kappa shape index (κ1) is 24.6. The number of aromatic nitrogens is 2. The highest BCUT2D eigenvalue weighted by atomic mass is 32.1. The molecule has 0 unspecified atom stereocenters. The molecule has 0 saturated heterocycles. The van der Waals surface area contributed by atoms with E-state index in [9.17, 15) is 13.6 Å². The lowest BCUT2D eigenvalue weighted by molar-refractivity contribution is -0.134. The zero-order valence-corrected chi connectivity index (χ0v) is 21.1. The highest BCUT2D eigenvalue weighted by Crippen LogP contribution is 2.41. The van der Waals surface area contributed by atoms with Crippen molar-refractivity contribution in [1.29, 1.82) is 0 Å². The molecule has 1 aliphatic heterocycles. The van der Waals surface area contributed by atoms with Crippen LogP contribution in [0.3, 0.4) is 0 Å². The molecule has 2 fully saturated rings. The summed E-state index contributed by atoms with van der Waals surface area (Å²) in [5.41, 5.74) is 2.52. The van der Waals surface area contributed by atoms with Crippen molar-refractivity contribution in [3.05, 3.63) is 40.2 Å². The third-order valence-electron chi connectivity index (χ3n) is 7.69. The predicted molar refractivity (Wildman–Crippen MR) is 131 cm³/mol. The molecule has 2 saturated carbocycles. The summed E-state index contributed by atoms with van der Waals surface area (Å²) in [6, 6.07) is 3.89. The number of hydrogen-bond acceptors (Lipinski definition) is 6. The number of amides is 1. The van der Waals surface area contributed by atoms with Gasteiger partial charge in [0.25, 0.3) is 17.0 Å². The van der Waals surface area contributed by atoms with Gasteiger partial charge in [0.15, 0.2) is 0 Å². The molecular formula is C26H34F2N4O2S. The minimum Gasteiger partial charge on any atom is -0.466 e. The summed E-state index contributed by atoms with van der Waals surface area (Å²) < 4.78 is 31.8. The zero-order valence-electron chi connectivity index (χ0n) is 20.3. The number of nitrogens with zero attached hydrogens (tertiary/aromatic N) is 3. The predicted octanol–water partition coefficient (Wildman–Crippen LogP) is 4.80. The molecule has 5 rings (SSSR count). The highest BCUT2D eigenvalue weighted by molar-refractivity contribution is 7.13. The van der Waals surface area contributed by atoms with Gasteiger partial charge in [0, 0.05) is 55.2 Å². The van der Waals surface area contributed by atoms with Crippen LogP contribution in [0, 0.1) is 12.8 Å². The van der Waals surface area contributed by atoms with Crippen LogP contribution < -0.4 is 10.1 Å². The van der Waals surface area contributed by atoms with Crippen LogP contribution in [0.2, 0.25) is 0 Å². The van der Waals surface area contributed by atoms with Gasteiger partial charge in [-0.25, -0.2) is 13.8 Å². The minimum absolute atomic E-state index is 0.0103. The van der Waals surface area contributed by atoms with Crippen molar-refractivity contribution in [3.63, 3.8) is 0 Å². The Morgan fingerprint density at radius 1 is 1.23 bits per heavy atom. The number of alkyl halides is 2. The van der Waals surface area contributed by atoms with E-state index < -0.39 is 5.92 Å². The third kappa shape index (κ3) is 6.17. The van der Waals surface area contributed by atoms with Crippen molar-refractivity contribution in [2.45, 2.75) is 82.8 Å². The van der Waals surface area contributed by atoms with E-state index in [1.807, 2.05) is 19.1 Å². The fourth-order valence-electron chi connectivity index (χ4n) is 5.44. The van der Waals surface area contributed by atoms with E-state index in [-0.39, 0.29) is 30.9 Å². The summed E-state index contributed by atoms with van der Waals surface area (Å²) in [6.07, 6.45) is 8.34. The molecule has 1 amide bonds. The first-order valence-electron chi connectivity index (χ1n) is 12.8. The Balaban J connectivity index is 1.01. The largest absolute Gasteiger partial charge is 0.466 e. The second kappa shape index (κ2) is 10.5. The maximum absolute atomic E-state index is 13.0. The van der Waals surface area contributed by atoms with Gasteiger partial charge in [0.2, 0.25) is 0 Å². The topological polar surface area (TPSA) is 67.4 Å². The number of ether oxygens (including phenoxy) is 1. The monoisotopic (exact) mass is 504 g/mol. The Hall–Kier alpha value is -2.13. The second-order valence-corrected chi connectivity index (χ2v) is 11.4. The van der Waals surface area contributed by atoms with Gasteiger partial charge in [-0.15, -0.1) is 0 Å². The van der Waals surface area contributed by atoms with Crippen LogP contribution in [0.25, 0.3) is 0 Å². The van der Waals surface area contributed by atoms with Gasteiger partial charge >= 0.3 is 0 Å². The molecule has 6 nitrogen and oxygen atoms in total. The number of carbonyl (C=O) groups excluding carboxylic acids is 1. The average molecular weight is 505 g/mol. The lowest BCUT2D eigenvalue weighted by Gasteiger charge is -2.33. The number of nitrogens with one attached hydrogen (secondary N) is 1. The molecule has 3 heterocycles. The quantitative estimate of drug-likeness (QED) is 0.587. The van der Waals surface area contributed by atoms with Crippen LogP contribution in [0.15, 0.2) is 18.3 Å². The molecule has 1 N–H and O–H groups in total. The first-order chi connectivity index (χ1) is 16.8. The van der Waals surface area contributed by atoms with Gasteiger partial charge < -0.3 is 15.0 Å². The minimum atomic E-state index is -2.56. The fourth-order valence-corrected chi connectivity index (χ4v) is 6.45. The first-order valence-corrected chi connectivity index (χ1v) is 13.6. The van der Waals surface area contributed by atoms with Crippen molar-refractivity contribution in [1.82, 2.24) is 20.2 Å². The van der Waals surface area contributed by atoms with E-state index in [1.54, 1.807) is 6.20 Å². The average Bonchev–Trinajstić information content (AvgIpc) is 3.10. The standard InChI is InChI=1S/C26H34F2N4O2S/c1-17-21(3-2-11-29-17)24(33)30-19-6-4-18(5-7-19)8-12-32-13-9-22-23(10-14-32)35-25(31-22)34-20-15-26(27,28)16-20/h2-3,11,18-20H,4-10,12-16H2,1H3,(H,30,33)/t18-,19-. The molecule has 35 heavy (non-hydrogen) atoms.